The monoisotopic (exact) mass is 234 g/mol. The summed E-state index contributed by atoms with van der Waals surface area (Å²) in [6.45, 7) is 0. The molecular formula is C11H14N4O2. The molecule has 1 rings (SSSR count). The summed E-state index contributed by atoms with van der Waals surface area (Å²) in [5.41, 5.74) is 16.5. The van der Waals surface area contributed by atoms with Crippen molar-refractivity contribution in [2.24, 2.45) is 22.2 Å². The standard InChI is InChI=1S/C11H14N4O2/c1-17-8-4-2-3-7(5-8)15-10(13)9(6-12)11(14)16/h2-6H,12H2,1H3,(H2,13,15)(H2,14,16). The third-order valence-corrected chi connectivity index (χ3v) is 2.01. The van der Waals surface area contributed by atoms with E-state index in [0.29, 0.717) is 11.4 Å². The molecule has 1 amide bonds. The minimum absolute atomic E-state index is 0.0205. The Morgan fingerprint density at radius 2 is 2.12 bits per heavy atom. The van der Waals surface area contributed by atoms with E-state index in [0.717, 1.165) is 6.20 Å². The highest BCUT2D eigenvalue weighted by atomic mass is 16.5. The van der Waals surface area contributed by atoms with Gasteiger partial charge >= 0.3 is 0 Å². The summed E-state index contributed by atoms with van der Waals surface area (Å²) < 4.78 is 5.03. The highest BCUT2D eigenvalue weighted by molar-refractivity contribution is 6.20. The van der Waals surface area contributed by atoms with Crippen molar-refractivity contribution in [1.82, 2.24) is 0 Å². The fraction of sp³-hybridized carbons (Fsp3) is 0.0909. The molecular weight excluding hydrogens is 220 g/mol. The van der Waals surface area contributed by atoms with Gasteiger partial charge in [-0.2, -0.15) is 0 Å². The zero-order valence-corrected chi connectivity index (χ0v) is 9.38. The number of nitrogens with zero attached hydrogens (tertiary/aromatic N) is 1. The van der Waals surface area contributed by atoms with Crippen LogP contribution in [0.2, 0.25) is 0 Å². The number of carbonyl (C=O) groups excluding carboxylic acids is 1. The molecule has 6 nitrogen and oxygen atoms in total. The lowest BCUT2D eigenvalue weighted by molar-refractivity contribution is -0.114. The number of hydrogen-bond donors (Lipinski definition) is 3. The second kappa shape index (κ2) is 5.55. The molecule has 0 spiro atoms. The number of benzene rings is 1. The number of primary amides is 1. The zero-order chi connectivity index (χ0) is 12.8. The predicted molar refractivity (Wildman–Crippen MR) is 65.7 cm³/mol. The number of aliphatic imine (C=N–C) groups is 1. The number of carbonyl (C=O) groups is 1. The van der Waals surface area contributed by atoms with Gasteiger partial charge in [0.25, 0.3) is 5.91 Å². The first-order valence-electron chi connectivity index (χ1n) is 4.78. The number of hydrogen-bond acceptors (Lipinski definition) is 4. The van der Waals surface area contributed by atoms with Crippen LogP contribution in [0.3, 0.4) is 0 Å². The van der Waals surface area contributed by atoms with Gasteiger partial charge in [0.15, 0.2) is 0 Å². The van der Waals surface area contributed by atoms with Crippen LogP contribution < -0.4 is 21.9 Å². The Morgan fingerprint density at radius 3 is 2.65 bits per heavy atom. The Bertz CT molecular complexity index is 480. The van der Waals surface area contributed by atoms with Crippen molar-refractivity contribution in [2.75, 3.05) is 7.11 Å². The smallest absolute Gasteiger partial charge is 0.253 e. The van der Waals surface area contributed by atoms with Crippen molar-refractivity contribution in [3.63, 3.8) is 0 Å². The lowest BCUT2D eigenvalue weighted by Crippen LogP contribution is -2.27. The van der Waals surface area contributed by atoms with Crippen LogP contribution in [0, 0.1) is 0 Å². The zero-order valence-electron chi connectivity index (χ0n) is 9.38. The van der Waals surface area contributed by atoms with Crippen LogP contribution in [-0.2, 0) is 4.79 Å². The van der Waals surface area contributed by atoms with E-state index in [9.17, 15) is 4.79 Å². The second-order valence-electron chi connectivity index (χ2n) is 3.14. The molecule has 0 aliphatic rings. The van der Waals surface area contributed by atoms with Gasteiger partial charge in [0.2, 0.25) is 0 Å². The van der Waals surface area contributed by atoms with Crippen molar-refractivity contribution in [2.45, 2.75) is 0 Å². The molecule has 0 heterocycles. The largest absolute Gasteiger partial charge is 0.497 e. The molecule has 1 aromatic carbocycles. The molecule has 0 fully saturated rings. The Balaban J connectivity index is 3.05. The number of amides is 1. The number of rotatable bonds is 4. The van der Waals surface area contributed by atoms with Crippen LogP contribution in [0.15, 0.2) is 41.0 Å². The van der Waals surface area contributed by atoms with E-state index in [1.807, 2.05) is 0 Å². The van der Waals surface area contributed by atoms with Crippen LogP contribution in [-0.4, -0.2) is 18.9 Å². The molecule has 0 unspecified atom stereocenters. The minimum Gasteiger partial charge on any atom is -0.497 e. The molecule has 1 aromatic rings. The molecule has 90 valence electrons. The topological polar surface area (TPSA) is 117 Å². The second-order valence-corrected chi connectivity index (χ2v) is 3.14. The van der Waals surface area contributed by atoms with Gasteiger partial charge in [-0.05, 0) is 12.1 Å². The molecule has 0 aliphatic heterocycles. The van der Waals surface area contributed by atoms with Crippen LogP contribution in [0.5, 0.6) is 5.75 Å². The van der Waals surface area contributed by atoms with Gasteiger partial charge in [-0.25, -0.2) is 4.99 Å². The molecule has 6 heteroatoms. The molecule has 6 N–H and O–H groups in total. The van der Waals surface area contributed by atoms with Crippen molar-refractivity contribution in [3.05, 3.63) is 36.0 Å². The molecule has 0 saturated heterocycles. The number of methoxy groups -OCH3 is 1. The number of ether oxygens (including phenoxy) is 1. The molecule has 17 heavy (non-hydrogen) atoms. The van der Waals surface area contributed by atoms with Gasteiger partial charge < -0.3 is 21.9 Å². The maximum absolute atomic E-state index is 11.0. The van der Waals surface area contributed by atoms with Gasteiger partial charge in [-0.3, -0.25) is 4.79 Å². The molecule has 0 aliphatic carbocycles. The van der Waals surface area contributed by atoms with Crippen molar-refractivity contribution < 1.29 is 9.53 Å². The van der Waals surface area contributed by atoms with Crippen LogP contribution >= 0.6 is 0 Å². The first-order valence-corrected chi connectivity index (χ1v) is 4.78. The van der Waals surface area contributed by atoms with E-state index in [2.05, 4.69) is 4.99 Å². The first kappa shape index (κ1) is 12.6. The van der Waals surface area contributed by atoms with E-state index in [-0.39, 0.29) is 11.4 Å². The summed E-state index contributed by atoms with van der Waals surface area (Å²) in [5.74, 6) is -0.124. The van der Waals surface area contributed by atoms with E-state index in [1.54, 1.807) is 31.4 Å². The van der Waals surface area contributed by atoms with Gasteiger partial charge in [0.05, 0.1) is 18.4 Å². The van der Waals surface area contributed by atoms with Crippen LogP contribution in [0.25, 0.3) is 0 Å². The first-order chi connectivity index (χ1) is 8.08. The summed E-state index contributed by atoms with van der Waals surface area (Å²) in [7, 11) is 1.54. The van der Waals surface area contributed by atoms with Crippen molar-refractivity contribution >= 4 is 17.4 Å². The molecule has 0 atom stereocenters. The normalized spacial score (nSPS) is 12.3. The maximum atomic E-state index is 11.0. The van der Waals surface area contributed by atoms with Crippen molar-refractivity contribution in [1.29, 1.82) is 0 Å². The lowest BCUT2D eigenvalue weighted by Gasteiger charge is -2.03. The van der Waals surface area contributed by atoms with Gasteiger partial charge in [0, 0.05) is 12.3 Å². The number of nitrogens with two attached hydrogens (primary N) is 3. The van der Waals surface area contributed by atoms with E-state index in [1.165, 1.54) is 0 Å². The summed E-state index contributed by atoms with van der Waals surface area (Å²) in [6.07, 6.45) is 1.03. The van der Waals surface area contributed by atoms with Gasteiger partial charge in [-0.15, -0.1) is 0 Å². The predicted octanol–water partition coefficient (Wildman–Crippen LogP) is 0.0118. The minimum atomic E-state index is -0.725. The Morgan fingerprint density at radius 1 is 1.41 bits per heavy atom. The number of amidine groups is 1. The fourth-order valence-corrected chi connectivity index (χ4v) is 1.17. The summed E-state index contributed by atoms with van der Waals surface area (Å²) >= 11 is 0. The highest BCUT2D eigenvalue weighted by Crippen LogP contribution is 2.19. The molecule has 0 aromatic heterocycles. The average molecular weight is 234 g/mol. The van der Waals surface area contributed by atoms with E-state index < -0.39 is 5.91 Å². The third kappa shape index (κ3) is 3.23. The Hall–Kier alpha value is -2.50. The molecule has 0 bridgehead atoms. The lowest BCUT2D eigenvalue weighted by atomic mass is 10.2. The van der Waals surface area contributed by atoms with Crippen LogP contribution in [0.1, 0.15) is 0 Å². The van der Waals surface area contributed by atoms with Crippen molar-refractivity contribution in [3.8, 4) is 5.75 Å². The van der Waals surface area contributed by atoms with E-state index in [4.69, 9.17) is 21.9 Å². The summed E-state index contributed by atoms with van der Waals surface area (Å²) in [6, 6.07) is 6.90. The fourth-order valence-electron chi connectivity index (χ4n) is 1.17. The quantitative estimate of drug-likeness (QED) is 0.386. The average Bonchev–Trinajstić information content (AvgIpc) is 2.29. The highest BCUT2D eigenvalue weighted by Gasteiger charge is 2.09. The molecule has 0 saturated carbocycles. The van der Waals surface area contributed by atoms with Gasteiger partial charge in [0.1, 0.15) is 11.6 Å². The Labute approximate surface area is 98.8 Å². The summed E-state index contributed by atoms with van der Waals surface area (Å²) in [4.78, 5) is 15.0. The summed E-state index contributed by atoms with van der Waals surface area (Å²) in [5, 5.41) is 0. The third-order valence-electron chi connectivity index (χ3n) is 2.01. The molecule has 0 radical (unpaired) electrons. The van der Waals surface area contributed by atoms with Gasteiger partial charge in [-0.1, -0.05) is 6.07 Å². The SMILES string of the molecule is COc1cccc(N=C(N)C(=CN)C(N)=O)c1. The maximum Gasteiger partial charge on any atom is 0.253 e. The van der Waals surface area contributed by atoms with E-state index >= 15 is 0 Å². The van der Waals surface area contributed by atoms with Crippen LogP contribution in [0.4, 0.5) is 5.69 Å². The Kier molecular flexibility index (Phi) is 4.10.